The van der Waals surface area contributed by atoms with Crippen molar-refractivity contribution >= 4 is 23.1 Å². The molecule has 0 fully saturated rings. The largest absolute Gasteiger partial charge is 0.458 e. The Labute approximate surface area is 157 Å². The van der Waals surface area contributed by atoms with E-state index >= 15 is 0 Å². The second-order valence-electron chi connectivity index (χ2n) is 6.78. The molecule has 0 amide bonds. The molecule has 0 N–H and O–H groups in total. The molecule has 0 spiro atoms. The fraction of sp³-hybridized carbons (Fsp3) is 0. The first kappa shape index (κ1) is 14.6. The van der Waals surface area contributed by atoms with Gasteiger partial charge in [-0.2, -0.15) is 0 Å². The van der Waals surface area contributed by atoms with Gasteiger partial charge in [0.1, 0.15) is 23.0 Å². The number of nitrogens with zero attached hydrogens (tertiary/aromatic N) is 1. The minimum absolute atomic E-state index is 0.0913. The van der Waals surface area contributed by atoms with Crippen LogP contribution in [0, 0.1) is 0 Å². The molecule has 0 aliphatic carbocycles. The Bertz CT molecular complexity index is 1190. The van der Waals surface area contributed by atoms with Crippen molar-refractivity contribution in [2.45, 2.75) is 0 Å². The van der Waals surface area contributed by atoms with Gasteiger partial charge in [-0.1, -0.05) is 42.5 Å². The Kier molecular flexibility index (Phi) is 2.97. The Morgan fingerprint density at radius 3 is 2.26 bits per heavy atom. The van der Waals surface area contributed by atoms with E-state index in [9.17, 15) is 0 Å². The zero-order valence-electron chi connectivity index (χ0n) is 14.4. The van der Waals surface area contributed by atoms with Crippen LogP contribution in [0.25, 0.3) is 11.3 Å². The van der Waals surface area contributed by atoms with Crippen molar-refractivity contribution < 1.29 is 9.47 Å². The maximum atomic E-state index is 6.40. The van der Waals surface area contributed by atoms with Crippen LogP contribution in [0.1, 0.15) is 0 Å². The van der Waals surface area contributed by atoms with E-state index in [0.29, 0.717) is 0 Å². The van der Waals surface area contributed by atoms with E-state index in [0.717, 1.165) is 45.2 Å². The number of aromatic nitrogens is 1. The highest BCUT2D eigenvalue weighted by Gasteiger charge is 2.40. The Morgan fingerprint density at radius 2 is 1.37 bits per heavy atom. The maximum absolute atomic E-state index is 6.40. The summed E-state index contributed by atoms with van der Waals surface area (Å²) in [5, 5.41) is 0. The molecule has 6 rings (SSSR count). The van der Waals surface area contributed by atoms with Crippen LogP contribution in [0.4, 0.5) is 0 Å². The van der Waals surface area contributed by atoms with Crippen LogP contribution >= 0.6 is 0 Å². The van der Waals surface area contributed by atoms with Crippen molar-refractivity contribution in [1.29, 1.82) is 0 Å². The molecule has 0 radical (unpaired) electrons. The Hall–Kier alpha value is -3.53. The van der Waals surface area contributed by atoms with Gasteiger partial charge in [0.25, 0.3) is 6.71 Å². The summed E-state index contributed by atoms with van der Waals surface area (Å²) in [5.74, 6) is 3.50. The van der Waals surface area contributed by atoms with Crippen LogP contribution in [0.5, 0.6) is 23.0 Å². The van der Waals surface area contributed by atoms with E-state index < -0.39 is 0 Å². The van der Waals surface area contributed by atoms with E-state index in [2.05, 4.69) is 35.3 Å². The Morgan fingerprint density at radius 1 is 0.630 bits per heavy atom. The number of benzene rings is 3. The summed E-state index contributed by atoms with van der Waals surface area (Å²) in [5.41, 5.74) is 5.33. The van der Waals surface area contributed by atoms with Gasteiger partial charge >= 0.3 is 0 Å². The molecule has 4 heteroatoms. The van der Waals surface area contributed by atoms with Gasteiger partial charge in [0.15, 0.2) is 0 Å². The number of fused-ring (bicyclic) bond motifs is 4. The minimum atomic E-state index is 0.0913. The fourth-order valence-corrected chi connectivity index (χ4v) is 4.13. The number of ether oxygens (including phenoxy) is 2. The van der Waals surface area contributed by atoms with Crippen molar-refractivity contribution in [3.05, 3.63) is 85.1 Å². The van der Waals surface area contributed by atoms with Crippen molar-refractivity contribution in [2.24, 2.45) is 0 Å². The standard InChI is InChI=1S/C23H14BNO2/c1-2-11-19-16(8-1)24-17-9-5-7-15(18-10-3-4-14-25-18)23(17)27-21-13-6-12-20(26-19)22(21)24/h1-14H. The molecule has 1 aromatic heterocycles. The molecule has 4 aromatic rings. The Balaban J connectivity index is 1.66. The molecule has 3 aromatic carbocycles. The summed E-state index contributed by atoms with van der Waals surface area (Å²) < 4.78 is 12.6. The average molecular weight is 347 g/mol. The lowest BCUT2D eigenvalue weighted by Crippen LogP contribution is -2.57. The number of hydrogen-bond donors (Lipinski definition) is 0. The van der Waals surface area contributed by atoms with Crippen molar-refractivity contribution in [3.8, 4) is 34.3 Å². The topological polar surface area (TPSA) is 31.4 Å². The SMILES string of the molecule is c1ccc(-c2cccc3c2Oc2cccc4c2B3c2ccccc2O4)nc1. The van der Waals surface area contributed by atoms with E-state index in [-0.39, 0.29) is 6.71 Å². The van der Waals surface area contributed by atoms with Crippen LogP contribution in [-0.2, 0) is 0 Å². The zero-order valence-corrected chi connectivity index (χ0v) is 14.4. The number of para-hydroxylation sites is 2. The normalized spacial score (nSPS) is 13.0. The second-order valence-corrected chi connectivity index (χ2v) is 6.78. The average Bonchev–Trinajstić information content (AvgIpc) is 2.74. The van der Waals surface area contributed by atoms with Gasteiger partial charge in [0.05, 0.1) is 5.69 Å². The maximum Gasteiger partial charge on any atom is 0.260 e. The van der Waals surface area contributed by atoms with Gasteiger partial charge in [-0.15, -0.1) is 0 Å². The molecule has 0 saturated carbocycles. The third-order valence-corrected chi connectivity index (χ3v) is 5.27. The van der Waals surface area contributed by atoms with E-state index in [1.165, 1.54) is 5.46 Å². The van der Waals surface area contributed by atoms with Gasteiger partial charge in [-0.25, -0.2) is 0 Å². The first-order valence-electron chi connectivity index (χ1n) is 9.02. The molecule has 2 aliphatic rings. The lowest BCUT2D eigenvalue weighted by Gasteiger charge is -2.33. The molecular formula is C23H14BNO2. The van der Waals surface area contributed by atoms with Crippen LogP contribution in [0.2, 0.25) is 0 Å². The summed E-state index contributed by atoms with van der Waals surface area (Å²) in [4.78, 5) is 4.54. The molecule has 27 heavy (non-hydrogen) atoms. The molecule has 3 heterocycles. The molecule has 3 nitrogen and oxygen atoms in total. The van der Waals surface area contributed by atoms with Gasteiger partial charge in [-0.05, 0) is 47.3 Å². The molecule has 0 saturated heterocycles. The molecule has 2 aliphatic heterocycles. The highest BCUT2D eigenvalue weighted by molar-refractivity contribution is 6.98. The highest BCUT2D eigenvalue weighted by Crippen LogP contribution is 2.38. The van der Waals surface area contributed by atoms with E-state index in [4.69, 9.17) is 9.47 Å². The molecule has 126 valence electrons. The third-order valence-electron chi connectivity index (χ3n) is 5.27. The first-order valence-corrected chi connectivity index (χ1v) is 9.02. The molecular weight excluding hydrogens is 333 g/mol. The van der Waals surface area contributed by atoms with Crippen LogP contribution in [0.15, 0.2) is 85.1 Å². The summed E-state index contributed by atoms with van der Waals surface area (Å²) >= 11 is 0. The summed E-state index contributed by atoms with van der Waals surface area (Å²) in [6.07, 6.45) is 1.81. The minimum Gasteiger partial charge on any atom is -0.458 e. The van der Waals surface area contributed by atoms with Crippen molar-refractivity contribution in [1.82, 2.24) is 4.98 Å². The quantitative estimate of drug-likeness (QED) is 0.427. The van der Waals surface area contributed by atoms with Gasteiger partial charge in [-0.3, -0.25) is 4.98 Å². The van der Waals surface area contributed by atoms with E-state index in [1.807, 2.05) is 54.7 Å². The lowest BCUT2D eigenvalue weighted by molar-refractivity contribution is 0.465. The summed E-state index contributed by atoms with van der Waals surface area (Å²) in [7, 11) is 0. The smallest absolute Gasteiger partial charge is 0.260 e. The molecule has 0 atom stereocenters. The molecule has 0 unspecified atom stereocenters. The second kappa shape index (κ2) is 5.48. The third kappa shape index (κ3) is 2.07. The van der Waals surface area contributed by atoms with Crippen LogP contribution in [0.3, 0.4) is 0 Å². The summed E-state index contributed by atoms with van der Waals surface area (Å²) in [6.45, 7) is 0.0913. The van der Waals surface area contributed by atoms with Gasteiger partial charge in [0.2, 0.25) is 0 Å². The lowest BCUT2D eigenvalue weighted by atomic mass is 9.34. The number of hydrogen-bond acceptors (Lipinski definition) is 3. The predicted octanol–water partition coefficient (Wildman–Crippen LogP) is 3.48. The first-order chi connectivity index (χ1) is 13.4. The zero-order chi connectivity index (χ0) is 17.8. The molecule has 0 bridgehead atoms. The van der Waals surface area contributed by atoms with Gasteiger partial charge in [0, 0.05) is 17.2 Å². The number of rotatable bonds is 1. The fourth-order valence-electron chi connectivity index (χ4n) is 4.13. The predicted molar refractivity (Wildman–Crippen MR) is 107 cm³/mol. The van der Waals surface area contributed by atoms with Crippen molar-refractivity contribution in [2.75, 3.05) is 0 Å². The monoisotopic (exact) mass is 347 g/mol. The van der Waals surface area contributed by atoms with Crippen LogP contribution in [-0.4, -0.2) is 11.7 Å². The van der Waals surface area contributed by atoms with E-state index in [1.54, 1.807) is 0 Å². The van der Waals surface area contributed by atoms with Crippen LogP contribution < -0.4 is 25.9 Å². The summed E-state index contributed by atoms with van der Waals surface area (Å²) in [6, 6.07) is 26.5. The number of pyridine rings is 1. The van der Waals surface area contributed by atoms with Gasteiger partial charge < -0.3 is 9.47 Å². The highest BCUT2D eigenvalue weighted by atomic mass is 16.5. The van der Waals surface area contributed by atoms with Crippen molar-refractivity contribution in [3.63, 3.8) is 0 Å².